The van der Waals surface area contributed by atoms with Crippen molar-refractivity contribution in [3.8, 4) is 0 Å². The zero-order valence-corrected chi connectivity index (χ0v) is 15.1. The summed E-state index contributed by atoms with van der Waals surface area (Å²) in [5.74, 6) is -0.104. The molecular weight excluding hydrogens is 370 g/mol. The minimum absolute atomic E-state index is 0.123. The quantitative estimate of drug-likeness (QED) is 0.642. The summed E-state index contributed by atoms with van der Waals surface area (Å²) in [5, 5.41) is -0.173. The third kappa shape index (κ3) is 3.37. The summed E-state index contributed by atoms with van der Waals surface area (Å²) in [4.78, 5) is 30.5. The van der Waals surface area contributed by atoms with E-state index in [4.69, 9.17) is 4.42 Å². The summed E-state index contributed by atoms with van der Waals surface area (Å²) in [6.45, 7) is 0.0802. The molecular formula is C18H17N3O5S. The Hall–Kier alpha value is -2.94. The number of benzene rings is 1. The van der Waals surface area contributed by atoms with Gasteiger partial charge < -0.3 is 9.32 Å². The van der Waals surface area contributed by atoms with Crippen molar-refractivity contribution in [3.05, 3.63) is 65.1 Å². The average molecular weight is 387 g/mol. The molecule has 0 bridgehead atoms. The Labute approximate surface area is 155 Å². The van der Waals surface area contributed by atoms with E-state index >= 15 is 0 Å². The highest BCUT2D eigenvalue weighted by Gasteiger charge is 2.39. The number of furan rings is 1. The Kier molecular flexibility index (Phi) is 4.31. The summed E-state index contributed by atoms with van der Waals surface area (Å²) in [5.41, 5.74) is 0.274. The van der Waals surface area contributed by atoms with Crippen LogP contribution in [0.2, 0.25) is 0 Å². The number of amides is 1. The summed E-state index contributed by atoms with van der Waals surface area (Å²) in [7, 11) is -3.39. The van der Waals surface area contributed by atoms with Crippen molar-refractivity contribution in [3.63, 3.8) is 0 Å². The average Bonchev–Trinajstić information content (AvgIpc) is 3.08. The van der Waals surface area contributed by atoms with Crippen LogP contribution < -0.4 is 5.56 Å². The Morgan fingerprint density at radius 2 is 1.96 bits per heavy atom. The van der Waals surface area contributed by atoms with Crippen LogP contribution in [0.25, 0.3) is 10.9 Å². The van der Waals surface area contributed by atoms with Crippen LogP contribution in [0.5, 0.6) is 0 Å². The first-order chi connectivity index (χ1) is 12.9. The molecule has 3 heterocycles. The van der Waals surface area contributed by atoms with Crippen molar-refractivity contribution >= 4 is 26.6 Å². The lowest BCUT2D eigenvalue weighted by molar-refractivity contribution is -0.135. The molecule has 0 radical (unpaired) electrons. The molecule has 1 amide bonds. The van der Waals surface area contributed by atoms with E-state index in [1.54, 1.807) is 36.4 Å². The van der Waals surface area contributed by atoms with Crippen LogP contribution in [-0.2, 0) is 26.9 Å². The molecule has 0 aliphatic carbocycles. The Bertz CT molecular complexity index is 1150. The van der Waals surface area contributed by atoms with Gasteiger partial charge in [0, 0.05) is 13.1 Å². The van der Waals surface area contributed by atoms with Gasteiger partial charge in [-0.25, -0.2) is 13.4 Å². The highest BCUT2D eigenvalue weighted by molar-refractivity contribution is 7.91. The van der Waals surface area contributed by atoms with Crippen LogP contribution >= 0.6 is 0 Å². The first-order valence-corrected chi connectivity index (χ1v) is 10.1. The van der Waals surface area contributed by atoms with Gasteiger partial charge in [0.25, 0.3) is 5.56 Å². The lowest BCUT2D eigenvalue weighted by Crippen LogP contribution is -2.58. The largest absolute Gasteiger partial charge is 0.468 e. The molecule has 4 rings (SSSR count). The second-order valence-corrected chi connectivity index (χ2v) is 8.78. The van der Waals surface area contributed by atoms with E-state index in [9.17, 15) is 18.0 Å². The number of likely N-dealkylation sites (tertiary alicyclic amines) is 1. The second kappa shape index (κ2) is 6.66. The highest BCUT2D eigenvalue weighted by Crippen LogP contribution is 2.21. The van der Waals surface area contributed by atoms with E-state index in [-0.39, 0.29) is 36.9 Å². The first kappa shape index (κ1) is 17.5. The third-order valence-electron chi connectivity index (χ3n) is 4.67. The number of para-hydroxylation sites is 1. The molecule has 9 heteroatoms. The van der Waals surface area contributed by atoms with Gasteiger partial charge in [-0.2, -0.15) is 0 Å². The van der Waals surface area contributed by atoms with Gasteiger partial charge in [0.15, 0.2) is 9.84 Å². The highest BCUT2D eigenvalue weighted by atomic mass is 32.2. The van der Waals surface area contributed by atoms with Crippen molar-refractivity contribution in [2.24, 2.45) is 0 Å². The number of nitrogens with zero attached hydrogens (tertiary/aromatic N) is 3. The van der Waals surface area contributed by atoms with Crippen LogP contribution in [0.15, 0.2) is 58.2 Å². The minimum Gasteiger partial charge on any atom is -0.468 e. The van der Waals surface area contributed by atoms with Gasteiger partial charge in [0.1, 0.15) is 18.1 Å². The maximum atomic E-state index is 12.4. The molecule has 27 heavy (non-hydrogen) atoms. The molecule has 0 N–H and O–H groups in total. The number of rotatable bonds is 5. The standard InChI is InChI=1S/C18H17N3O5S/c22-17(10-21-12-19-16-6-2-1-5-15(16)18(21)23)20-8-14(9-20)27(24,25)11-13-4-3-7-26-13/h1-7,12,14H,8-11H2. The molecule has 1 aromatic carbocycles. The lowest BCUT2D eigenvalue weighted by atomic mass is 10.2. The normalized spacial score (nSPS) is 15.0. The van der Waals surface area contributed by atoms with Crippen LogP contribution in [-0.4, -0.2) is 47.1 Å². The van der Waals surface area contributed by atoms with Crippen LogP contribution in [0, 0.1) is 0 Å². The molecule has 0 atom stereocenters. The first-order valence-electron chi connectivity index (χ1n) is 8.40. The maximum absolute atomic E-state index is 12.4. The van der Waals surface area contributed by atoms with Crippen molar-refractivity contribution < 1.29 is 17.6 Å². The smallest absolute Gasteiger partial charge is 0.261 e. The number of sulfone groups is 1. The van der Waals surface area contributed by atoms with Crippen LogP contribution in [0.4, 0.5) is 0 Å². The summed E-state index contributed by atoms with van der Waals surface area (Å²) in [6, 6.07) is 10.2. The van der Waals surface area contributed by atoms with Gasteiger partial charge in [0.2, 0.25) is 5.91 Å². The summed E-state index contributed by atoms with van der Waals surface area (Å²) in [6.07, 6.45) is 2.77. The molecule has 8 nitrogen and oxygen atoms in total. The molecule has 1 fully saturated rings. The summed E-state index contributed by atoms with van der Waals surface area (Å²) >= 11 is 0. The molecule has 3 aromatic rings. The number of carbonyl (C=O) groups excluding carboxylic acids is 1. The molecule has 2 aromatic heterocycles. The van der Waals surface area contributed by atoms with E-state index < -0.39 is 15.1 Å². The Balaban J connectivity index is 1.41. The fourth-order valence-corrected chi connectivity index (χ4v) is 4.65. The van der Waals surface area contributed by atoms with Gasteiger partial charge in [0.05, 0.1) is 28.7 Å². The fraction of sp³-hybridized carbons (Fsp3) is 0.278. The molecule has 0 unspecified atom stereocenters. The minimum atomic E-state index is -3.39. The number of hydrogen-bond acceptors (Lipinski definition) is 6. The van der Waals surface area contributed by atoms with Gasteiger partial charge in [-0.1, -0.05) is 12.1 Å². The molecule has 0 saturated carbocycles. The van der Waals surface area contributed by atoms with Crippen molar-refractivity contribution in [1.82, 2.24) is 14.5 Å². The van der Waals surface area contributed by atoms with Crippen molar-refractivity contribution in [2.45, 2.75) is 17.5 Å². The summed E-state index contributed by atoms with van der Waals surface area (Å²) < 4.78 is 31.0. The number of aromatic nitrogens is 2. The van der Waals surface area contributed by atoms with Gasteiger partial charge in [-0.05, 0) is 24.3 Å². The number of hydrogen-bond donors (Lipinski definition) is 0. The van der Waals surface area contributed by atoms with Gasteiger partial charge in [-0.15, -0.1) is 0 Å². The van der Waals surface area contributed by atoms with Crippen molar-refractivity contribution in [1.29, 1.82) is 0 Å². The van der Waals surface area contributed by atoms with Crippen molar-refractivity contribution in [2.75, 3.05) is 13.1 Å². The van der Waals surface area contributed by atoms with E-state index in [2.05, 4.69) is 4.98 Å². The predicted octanol–water partition coefficient (Wildman–Crippen LogP) is 0.815. The van der Waals surface area contributed by atoms with Gasteiger partial charge in [-0.3, -0.25) is 14.2 Å². The topological polar surface area (TPSA) is 102 Å². The Morgan fingerprint density at radius 1 is 1.19 bits per heavy atom. The van der Waals surface area contributed by atoms with E-state index in [1.165, 1.54) is 22.1 Å². The van der Waals surface area contributed by atoms with E-state index in [0.29, 0.717) is 16.7 Å². The third-order valence-corrected chi connectivity index (χ3v) is 6.67. The fourth-order valence-electron chi connectivity index (χ4n) is 3.04. The van der Waals surface area contributed by atoms with Gasteiger partial charge >= 0.3 is 0 Å². The SMILES string of the molecule is O=C(Cn1cnc2ccccc2c1=O)N1CC(S(=O)(=O)Cc2ccco2)C1. The zero-order chi connectivity index (χ0) is 19.0. The molecule has 140 valence electrons. The number of carbonyl (C=O) groups is 1. The lowest BCUT2D eigenvalue weighted by Gasteiger charge is -2.38. The second-order valence-electron chi connectivity index (χ2n) is 6.50. The van der Waals surface area contributed by atoms with Crippen LogP contribution in [0.3, 0.4) is 0 Å². The Morgan fingerprint density at radius 3 is 2.70 bits per heavy atom. The number of fused-ring (bicyclic) bond motifs is 1. The molecule has 0 spiro atoms. The molecule has 1 aliphatic rings. The molecule has 1 aliphatic heterocycles. The monoisotopic (exact) mass is 387 g/mol. The van der Waals surface area contributed by atoms with Crippen LogP contribution in [0.1, 0.15) is 5.76 Å². The maximum Gasteiger partial charge on any atom is 0.261 e. The van der Waals surface area contributed by atoms with E-state index in [0.717, 1.165) is 0 Å². The predicted molar refractivity (Wildman–Crippen MR) is 97.7 cm³/mol. The molecule has 1 saturated heterocycles. The van der Waals surface area contributed by atoms with E-state index in [1.807, 2.05) is 0 Å². The zero-order valence-electron chi connectivity index (χ0n) is 14.3.